The number of anilines is 1. The van der Waals surface area contributed by atoms with E-state index in [1.54, 1.807) is 0 Å². The van der Waals surface area contributed by atoms with Crippen molar-refractivity contribution in [1.29, 1.82) is 0 Å². The summed E-state index contributed by atoms with van der Waals surface area (Å²) in [5.41, 5.74) is 2.41. The zero-order valence-corrected chi connectivity index (χ0v) is 10.4. The Labute approximate surface area is 101 Å². The number of hydrogen-bond acceptors (Lipinski definition) is 1. The van der Waals surface area contributed by atoms with Gasteiger partial charge in [-0.05, 0) is 40.8 Å². The van der Waals surface area contributed by atoms with Crippen LogP contribution in [0.5, 0.6) is 0 Å². The van der Waals surface area contributed by atoms with Crippen LogP contribution < -0.4 is 5.32 Å². The Kier molecular flexibility index (Phi) is 4.91. The second kappa shape index (κ2) is 5.73. The molecule has 0 atom stereocenters. The molecule has 1 aromatic carbocycles. The molecule has 13 heavy (non-hydrogen) atoms. The number of rotatable bonds is 3. The highest BCUT2D eigenvalue weighted by molar-refractivity contribution is 14.1. The highest BCUT2D eigenvalue weighted by Crippen LogP contribution is 2.23. The SMILES string of the molecule is Cl/C=C/CNc1cc(I)ccc1Cl. The van der Waals surface area contributed by atoms with Gasteiger partial charge in [-0.25, -0.2) is 0 Å². The first-order chi connectivity index (χ1) is 6.24. The molecule has 0 aromatic heterocycles. The third-order valence-electron chi connectivity index (χ3n) is 1.43. The Hall–Kier alpha value is 0.0700. The summed E-state index contributed by atoms with van der Waals surface area (Å²) in [6, 6.07) is 5.83. The van der Waals surface area contributed by atoms with Crippen molar-refractivity contribution in [3.63, 3.8) is 0 Å². The van der Waals surface area contributed by atoms with Crippen molar-refractivity contribution < 1.29 is 0 Å². The van der Waals surface area contributed by atoms with E-state index in [1.165, 1.54) is 5.54 Å². The fourth-order valence-corrected chi connectivity index (χ4v) is 1.61. The van der Waals surface area contributed by atoms with Gasteiger partial charge in [0.15, 0.2) is 0 Å². The number of halogens is 3. The molecule has 70 valence electrons. The van der Waals surface area contributed by atoms with E-state index in [0.717, 1.165) is 14.3 Å². The lowest BCUT2D eigenvalue weighted by Gasteiger charge is -2.05. The minimum atomic E-state index is 0.684. The van der Waals surface area contributed by atoms with Gasteiger partial charge in [0.05, 0.1) is 10.7 Å². The first-order valence-electron chi connectivity index (χ1n) is 3.68. The third-order valence-corrected chi connectivity index (χ3v) is 2.61. The average molecular weight is 328 g/mol. The van der Waals surface area contributed by atoms with E-state index >= 15 is 0 Å². The zero-order valence-electron chi connectivity index (χ0n) is 6.73. The molecule has 4 heteroatoms. The molecule has 0 aliphatic carbocycles. The van der Waals surface area contributed by atoms with Gasteiger partial charge in [-0.1, -0.05) is 29.3 Å². The van der Waals surface area contributed by atoms with E-state index in [9.17, 15) is 0 Å². The van der Waals surface area contributed by atoms with Gasteiger partial charge in [0.1, 0.15) is 0 Å². The number of hydrogen-bond donors (Lipinski definition) is 1. The van der Waals surface area contributed by atoms with Gasteiger partial charge in [-0.3, -0.25) is 0 Å². The molecule has 0 saturated heterocycles. The molecule has 1 N–H and O–H groups in total. The van der Waals surface area contributed by atoms with Crippen molar-refractivity contribution in [3.05, 3.63) is 38.4 Å². The monoisotopic (exact) mass is 327 g/mol. The van der Waals surface area contributed by atoms with Crippen LogP contribution in [0.3, 0.4) is 0 Å². The van der Waals surface area contributed by atoms with Crippen LogP contribution in [-0.4, -0.2) is 6.54 Å². The Morgan fingerprint density at radius 1 is 1.46 bits per heavy atom. The van der Waals surface area contributed by atoms with Crippen molar-refractivity contribution in [2.45, 2.75) is 0 Å². The highest BCUT2D eigenvalue weighted by atomic mass is 127. The molecule has 0 saturated carbocycles. The van der Waals surface area contributed by atoms with E-state index in [4.69, 9.17) is 23.2 Å². The molecule has 1 nitrogen and oxygen atoms in total. The molecular weight excluding hydrogens is 320 g/mol. The topological polar surface area (TPSA) is 12.0 Å². The maximum absolute atomic E-state index is 5.95. The average Bonchev–Trinajstić information content (AvgIpc) is 2.11. The van der Waals surface area contributed by atoms with Crippen molar-refractivity contribution in [2.24, 2.45) is 0 Å². The number of nitrogens with one attached hydrogen (secondary N) is 1. The minimum Gasteiger partial charge on any atom is -0.380 e. The molecule has 0 heterocycles. The normalized spacial score (nSPS) is 10.7. The Bertz CT molecular complexity index is 312. The summed E-state index contributed by atoms with van der Waals surface area (Å²) in [6.07, 6.45) is 1.82. The Balaban J connectivity index is 2.69. The molecule has 0 spiro atoms. The van der Waals surface area contributed by atoms with Gasteiger partial charge in [0, 0.05) is 15.7 Å². The van der Waals surface area contributed by atoms with E-state index in [2.05, 4.69) is 27.9 Å². The lowest BCUT2D eigenvalue weighted by Crippen LogP contribution is -1.98. The predicted octanol–water partition coefficient (Wildman–Crippen LogP) is 4.11. The van der Waals surface area contributed by atoms with Crippen LogP contribution in [0.15, 0.2) is 29.8 Å². The first kappa shape index (κ1) is 11.1. The predicted molar refractivity (Wildman–Crippen MR) is 67.7 cm³/mol. The first-order valence-corrected chi connectivity index (χ1v) is 5.57. The van der Waals surface area contributed by atoms with E-state index in [0.29, 0.717) is 6.54 Å². The molecule has 0 amide bonds. The minimum absolute atomic E-state index is 0.684. The van der Waals surface area contributed by atoms with E-state index < -0.39 is 0 Å². The summed E-state index contributed by atoms with van der Waals surface area (Å²) in [4.78, 5) is 0. The van der Waals surface area contributed by atoms with Crippen molar-refractivity contribution >= 4 is 51.5 Å². The second-order valence-electron chi connectivity index (χ2n) is 2.37. The van der Waals surface area contributed by atoms with Crippen LogP contribution in [0.4, 0.5) is 5.69 Å². The van der Waals surface area contributed by atoms with Crippen LogP contribution in [-0.2, 0) is 0 Å². The van der Waals surface area contributed by atoms with Crippen molar-refractivity contribution in [1.82, 2.24) is 0 Å². The molecule has 0 fully saturated rings. The largest absolute Gasteiger partial charge is 0.380 e. The molecule has 0 aliphatic rings. The van der Waals surface area contributed by atoms with Gasteiger partial charge in [-0.2, -0.15) is 0 Å². The van der Waals surface area contributed by atoms with Crippen molar-refractivity contribution in [2.75, 3.05) is 11.9 Å². The van der Waals surface area contributed by atoms with Gasteiger partial charge in [0.25, 0.3) is 0 Å². The smallest absolute Gasteiger partial charge is 0.0638 e. The summed E-state index contributed by atoms with van der Waals surface area (Å²) in [5.74, 6) is 0. The summed E-state index contributed by atoms with van der Waals surface area (Å²) >= 11 is 13.6. The molecular formula is C9H8Cl2IN. The van der Waals surface area contributed by atoms with Gasteiger partial charge < -0.3 is 5.32 Å². The maximum atomic E-state index is 5.95. The van der Waals surface area contributed by atoms with Gasteiger partial charge in [-0.15, -0.1) is 0 Å². The van der Waals surface area contributed by atoms with Crippen LogP contribution in [0.2, 0.25) is 5.02 Å². The van der Waals surface area contributed by atoms with Gasteiger partial charge >= 0.3 is 0 Å². The van der Waals surface area contributed by atoms with Crippen LogP contribution >= 0.6 is 45.8 Å². The Morgan fingerprint density at radius 3 is 2.92 bits per heavy atom. The third kappa shape index (κ3) is 3.75. The lowest BCUT2D eigenvalue weighted by molar-refractivity contribution is 1.34. The lowest BCUT2D eigenvalue weighted by atomic mass is 10.3. The van der Waals surface area contributed by atoms with Gasteiger partial charge in [0.2, 0.25) is 0 Å². The van der Waals surface area contributed by atoms with Crippen LogP contribution in [0.1, 0.15) is 0 Å². The Morgan fingerprint density at radius 2 is 2.23 bits per heavy atom. The molecule has 0 aliphatic heterocycles. The molecule has 0 bridgehead atoms. The fraction of sp³-hybridized carbons (Fsp3) is 0.111. The summed E-state index contributed by atoms with van der Waals surface area (Å²) in [6.45, 7) is 0.684. The summed E-state index contributed by atoms with van der Waals surface area (Å²) in [7, 11) is 0. The van der Waals surface area contributed by atoms with Crippen molar-refractivity contribution in [3.8, 4) is 0 Å². The molecule has 0 unspecified atom stereocenters. The number of benzene rings is 1. The molecule has 1 aromatic rings. The zero-order chi connectivity index (χ0) is 9.68. The molecule has 1 rings (SSSR count). The molecule has 0 radical (unpaired) electrons. The van der Waals surface area contributed by atoms with E-state index in [-0.39, 0.29) is 0 Å². The highest BCUT2D eigenvalue weighted by Gasteiger charge is 1.98. The quantitative estimate of drug-likeness (QED) is 0.824. The maximum Gasteiger partial charge on any atom is 0.0638 e. The fourth-order valence-electron chi connectivity index (χ4n) is 0.846. The standard InChI is InChI=1S/C9H8Cl2IN/c10-4-1-5-13-9-6-7(12)2-3-8(9)11/h1-4,6,13H,5H2/b4-1+. The summed E-state index contributed by atoms with van der Waals surface area (Å²) < 4.78 is 1.15. The van der Waals surface area contributed by atoms with Crippen LogP contribution in [0.25, 0.3) is 0 Å². The van der Waals surface area contributed by atoms with E-state index in [1.807, 2.05) is 24.3 Å². The summed E-state index contributed by atoms with van der Waals surface area (Å²) in [5, 5.41) is 3.87. The second-order valence-corrected chi connectivity index (χ2v) is 4.27. The van der Waals surface area contributed by atoms with Crippen LogP contribution in [0, 0.1) is 3.57 Å².